The van der Waals surface area contributed by atoms with Crippen LogP contribution in [0.2, 0.25) is 0 Å². The molecule has 1 aromatic carbocycles. The number of hydrogen-bond donors (Lipinski definition) is 1. The molecule has 108 valence electrons. The Bertz CT molecular complexity index is 809. The average molecular weight is 283 g/mol. The van der Waals surface area contributed by atoms with Gasteiger partial charge in [0.05, 0.1) is 18.1 Å². The van der Waals surface area contributed by atoms with Gasteiger partial charge in [0.2, 0.25) is 5.75 Å². The molecular weight excluding hydrogens is 266 g/mol. The van der Waals surface area contributed by atoms with Gasteiger partial charge in [0, 0.05) is 7.05 Å². The van der Waals surface area contributed by atoms with Crippen LogP contribution in [0, 0.1) is 13.8 Å². The lowest BCUT2D eigenvalue weighted by atomic mass is 10.1. The number of aromatic nitrogens is 4. The van der Waals surface area contributed by atoms with E-state index in [-0.39, 0.29) is 0 Å². The Morgan fingerprint density at radius 1 is 1.10 bits per heavy atom. The number of aryl methyl sites for hydroxylation is 2. The smallest absolute Gasteiger partial charge is 0.205 e. The van der Waals surface area contributed by atoms with E-state index in [2.05, 4.69) is 46.2 Å². The predicted octanol–water partition coefficient (Wildman–Crippen LogP) is 2.48. The summed E-state index contributed by atoms with van der Waals surface area (Å²) < 4.78 is 7.38. The topological polar surface area (TPSA) is 64.9 Å². The second kappa shape index (κ2) is 5.05. The zero-order valence-corrected chi connectivity index (χ0v) is 12.5. The van der Waals surface area contributed by atoms with Crippen LogP contribution in [0.3, 0.4) is 0 Å². The van der Waals surface area contributed by atoms with E-state index < -0.39 is 0 Å². The van der Waals surface area contributed by atoms with Crippen LogP contribution in [-0.4, -0.2) is 33.7 Å². The molecule has 0 spiro atoms. The third-order valence-electron chi connectivity index (χ3n) is 3.62. The Balaban J connectivity index is 2.28. The van der Waals surface area contributed by atoms with Gasteiger partial charge in [-0.25, -0.2) is 15.0 Å². The van der Waals surface area contributed by atoms with Crippen molar-refractivity contribution in [1.29, 1.82) is 0 Å². The number of hydrogen-bond acceptors (Lipinski definition) is 5. The SMILES string of the molecule is CNc1ncnc(-n2cnc3cc(C)c(C)cc32)c1OC. The summed E-state index contributed by atoms with van der Waals surface area (Å²) in [6.45, 7) is 4.17. The van der Waals surface area contributed by atoms with Crippen LogP contribution in [0.4, 0.5) is 5.82 Å². The van der Waals surface area contributed by atoms with Gasteiger partial charge >= 0.3 is 0 Å². The monoisotopic (exact) mass is 283 g/mol. The quantitative estimate of drug-likeness (QED) is 0.800. The predicted molar refractivity (Wildman–Crippen MR) is 82.2 cm³/mol. The normalized spacial score (nSPS) is 10.9. The Morgan fingerprint density at radius 3 is 2.57 bits per heavy atom. The van der Waals surface area contributed by atoms with Gasteiger partial charge in [-0.1, -0.05) is 0 Å². The second-order valence-electron chi connectivity index (χ2n) is 4.87. The number of imidazole rings is 1. The highest BCUT2D eigenvalue weighted by molar-refractivity contribution is 5.80. The molecular formula is C15H17N5O. The first kappa shape index (κ1) is 13.4. The largest absolute Gasteiger partial charge is 0.490 e. The molecule has 1 N–H and O–H groups in total. The number of anilines is 1. The van der Waals surface area contributed by atoms with Crippen molar-refractivity contribution < 1.29 is 4.74 Å². The summed E-state index contributed by atoms with van der Waals surface area (Å²) in [6.07, 6.45) is 3.27. The summed E-state index contributed by atoms with van der Waals surface area (Å²) in [4.78, 5) is 13.0. The van der Waals surface area contributed by atoms with Gasteiger partial charge in [-0.2, -0.15) is 0 Å². The van der Waals surface area contributed by atoms with Crippen LogP contribution in [-0.2, 0) is 0 Å². The van der Waals surface area contributed by atoms with E-state index in [9.17, 15) is 0 Å². The lowest BCUT2D eigenvalue weighted by Crippen LogP contribution is -2.05. The van der Waals surface area contributed by atoms with E-state index in [1.54, 1.807) is 20.5 Å². The van der Waals surface area contributed by atoms with Gasteiger partial charge in [0.15, 0.2) is 11.6 Å². The third kappa shape index (κ3) is 2.08. The van der Waals surface area contributed by atoms with Gasteiger partial charge in [0.1, 0.15) is 12.7 Å². The highest BCUT2D eigenvalue weighted by Gasteiger charge is 2.15. The molecule has 3 rings (SSSR count). The maximum absolute atomic E-state index is 5.46. The highest BCUT2D eigenvalue weighted by atomic mass is 16.5. The molecule has 2 heterocycles. The number of rotatable bonds is 3. The molecule has 3 aromatic rings. The molecule has 2 aromatic heterocycles. The minimum absolute atomic E-state index is 0.595. The molecule has 0 radical (unpaired) electrons. The molecule has 0 aliphatic rings. The zero-order chi connectivity index (χ0) is 15.0. The van der Waals surface area contributed by atoms with E-state index in [1.165, 1.54) is 17.5 Å². The zero-order valence-electron chi connectivity index (χ0n) is 12.5. The first-order valence-electron chi connectivity index (χ1n) is 6.67. The number of methoxy groups -OCH3 is 1. The van der Waals surface area contributed by atoms with Crippen molar-refractivity contribution in [2.45, 2.75) is 13.8 Å². The fraction of sp³-hybridized carbons (Fsp3) is 0.267. The molecule has 0 aliphatic heterocycles. The van der Waals surface area contributed by atoms with Crippen molar-refractivity contribution in [3.63, 3.8) is 0 Å². The van der Waals surface area contributed by atoms with E-state index in [1.807, 2.05) is 4.57 Å². The molecule has 0 atom stereocenters. The van der Waals surface area contributed by atoms with Crippen molar-refractivity contribution in [1.82, 2.24) is 19.5 Å². The van der Waals surface area contributed by atoms with Crippen LogP contribution in [0.25, 0.3) is 16.9 Å². The minimum Gasteiger partial charge on any atom is -0.490 e. The highest BCUT2D eigenvalue weighted by Crippen LogP contribution is 2.30. The average Bonchev–Trinajstić information content (AvgIpc) is 2.89. The fourth-order valence-corrected chi connectivity index (χ4v) is 2.34. The lowest BCUT2D eigenvalue weighted by Gasteiger charge is -2.12. The van der Waals surface area contributed by atoms with Crippen molar-refractivity contribution in [2.75, 3.05) is 19.5 Å². The summed E-state index contributed by atoms with van der Waals surface area (Å²) in [5.41, 5.74) is 4.37. The van der Waals surface area contributed by atoms with Crippen LogP contribution in [0.5, 0.6) is 5.75 Å². The van der Waals surface area contributed by atoms with Crippen molar-refractivity contribution in [2.24, 2.45) is 0 Å². The Kier molecular flexibility index (Phi) is 3.21. The Labute approximate surface area is 122 Å². The molecule has 0 amide bonds. The standard InChI is InChI=1S/C15H17N5O/c1-9-5-11-12(6-10(9)2)20(8-19-11)15-13(21-4)14(16-3)17-7-18-15/h5-8H,1-4H3,(H,16,17,18). The van der Waals surface area contributed by atoms with E-state index >= 15 is 0 Å². The molecule has 21 heavy (non-hydrogen) atoms. The molecule has 0 saturated carbocycles. The van der Waals surface area contributed by atoms with E-state index in [4.69, 9.17) is 4.74 Å². The van der Waals surface area contributed by atoms with Gasteiger partial charge in [-0.05, 0) is 37.1 Å². The summed E-state index contributed by atoms with van der Waals surface area (Å²) in [5, 5.41) is 3.01. The van der Waals surface area contributed by atoms with Crippen LogP contribution >= 0.6 is 0 Å². The molecule has 6 heteroatoms. The van der Waals surface area contributed by atoms with Gasteiger partial charge in [-0.3, -0.25) is 4.57 Å². The number of benzene rings is 1. The van der Waals surface area contributed by atoms with Gasteiger partial charge in [-0.15, -0.1) is 0 Å². The van der Waals surface area contributed by atoms with Crippen molar-refractivity contribution in [3.05, 3.63) is 35.9 Å². The van der Waals surface area contributed by atoms with Crippen LogP contribution in [0.1, 0.15) is 11.1 Å². The summed E-state index contributed by atoms with van der Waals surface area (Å²) >= 11 is 0. The van der Waals surface area contributed by atoms with Crippen molar-refractivity contribution in [3.8, 4) is 11.6 Å². The summed E-state index contributed by atoms with van der Waals surface area (Å²) in [5.74, 6) is 1.91. The molecule has 0 bridgehead atoms. The second-order valence-corrected chi connectivity index (χ2v) is 4.87. The molecule has 6 nitrogen and oxygen atoms in total. The molecule has 0 saturated heterocycles. The van der Waals surface area contributed by atoms with E-state index in [0.29, 0.717) is 17.4 Å². The number of nitrogens with one attached hydrogen (secondary N) is 1. The summed E-state index contributed by atoms with van der Waals surface area (Å²) in [6, 6.07) is 4.19. The number of fused-ring (bicyclic) bond motifs is 1. The molecule has 0 aliphatic carbocycles. The molecule has 0 fully saturated rings. The number of ether oxygens (including phenoxy) is 1. The maximum Gasteiger partial charge on any atom is 0.205 e. The van der Waals surface area contributed by atoms with Gasteiger partial charge in [0.25, 0.3) is 0 Å². The van der Waals surface area contributed by atoms with Crippen LogP contribution in [0.15, 0.2) is 24.8 Å². The lowest BCUT2D eigenvalue weighted by molar-refractivity contribution is 0.411. The summed E-state index contributed by atoms with van der Waals surface area (Å²) in [7, 11) is 3.41. The fourth-order valence-electron chi connectivity index (χ4n) is 2.34. The Hall–Kier alpha value is -2.63. The van der Waals surface area contributed by atoms with Crippen LogP contribution < -0.4 is 10.1 Å². The first-order valence-corrected chi connectivity index (χ1v) is 6.67. The first-order chi connectivity index (χ1) is 10.2. The molecule has 0 unspecified atom stereocenters. The van der Waals surface area contributed by atoms with Gasteiger partial charge < -0.3 is 10.1 Å². The number of nitrogens with zero attached hydrogens (tertiary/aromatic N) is 4. The van der Waals surface area contributed by atoms with Crippen molar-refractivity contribution >= 4 is 16.9 Å². The minimum atomic E-state index is 0.595. The third-order valence-corrected chi connectivity index (χ3v) is 3.62. The maximum atomic E-state index is 5.46. The Morgan fingerprint density at radius 2 is 1.86 bits per heavy atom. The van der Waals surface area contributed by atoms with E-state index in [0.717, 1.165) is 11.0 Å².